The average Bonchev–Trinajstić information content (AvgIpc) is 2.34. The molecule has 0 spiro atoms. The van der Waals surface area contributed by atoms with Gasteiger partial charge in [-0.05, 0) is 12.5 Å². The highest BCUT2D eigenvalue weighted by atomic mass is 32.3. The van der Waals surface area contributed by atoms with Gasteiger partial charge < -0.3 is 14.4 Å². The Morgan fingerprint density at radius 2 is 1.80 bits per heavy atom. The minimum absolute atomic E-state index is 0.233. The second-order valence-corrected chi connectivity index (χ2v) is 12.2. The largest absolute Gasteiger partial charge is 0.335 e. The quantitative estimate of drug-likeness (QED) is 0.720. The summed E-state index contributed by atoms with van der Waals surface area (Å²) in [4.78, 5) is 2.39. The fourth-order valence-electron chi connectivity index (χ4n) is 1.76. The normalized spacial score (nSPS) is 20.2. The van der Waals surface area contributed by atoms with E-state index in [1.54, 1.807) is 0 Å². The fourth-order valence-corrected chi connectivity index (χ4v) is 3.74. The fraction of sp³-hybridized carbons (Fsp3) is 1.00. The van der Waals surface area contributed by atoms with E-state index in [0.717, 1.165) is 50.8 Å². The van der Waals surface area contributed by atoms with Gasteiger partial charge >= 0.3 is 0 Å². The van der Waals surface area contributed by atoms with Gasteiger partial charge in [0.25, 0.3) is 0 Å². The average molecular weight is 325 g/mol. The van der Waals surface area contributed by atoms with E-state index in [0.29, 0.717) is 0 Å². The van der Waals surface area contributed by atoms with E-state index in [-0.39, 0.29) is 4.75 Å². The first-order valence-electron chi connectivity index (χ1n) is 7.38. The molecule has 6 heteroatoms. The van der Waals surface area contributed by atoms with Crippen LogP contribution in [-0.2, 0) is 15.0 Å². The molecule has 122 valence electrons. The second-order valence-electron chi connectivity index (χ2n) is 6.61. The predicted octanol–water partition coefficient (Wildman–Crippen LogP) is 1.43. The molecule has 0 aromatic rings. The van der Waals surface area contributed by atoms with Crippen molar-refractivity contribution in [2.75, 3.05) is 63.3 Å². The van der Waals surface area contributed by atoms with Gasteiger partial charge in [0.2, 0.25) is 0 Å². The van der Waals surface area contributed by atoms with Crippen molar-refractivity contribution in [3.8, 4) is 0 Å². The molecule has 0 saturated carbocycles. The molecule has 0 radical (unpaired) electrons. The van der Waals surface area contributed by atoms with Crippen LogP contribution in [0.5, 0.6) is 0 Å². The van der Waals surface area contributed by atoms with Crippen LogP contribution in [0.1, 0.15) is 20.8 Å². The Morgan fingerprint density at radius 1 is 1.20 bits per heavy atom. The highest BCUT2D eigenvalue weighted by Gasteiger charge is 2.28. The molecular formula is C14H32N2O2S2. The molecule has 4 nitrogen and oxygen atoms in total. The monoisotopic (exact) mass is 324 g/mol. The van der Waals surface area contributed by atoms with Crippen molar-refractivity contribution in [3.63, 3.8) is 0 Å². The van der Waals surface area contributed by atoms with Gasteiger partial charge in [-0.3, -0.25) is 4.21 Å². The Balaban J connectivity index is 2.04. The lowest BCUT2D eigenvalue weighted by Crippen LogP contribution is -2.41. The standard InChI is InChI=1S/C14H32N2O2S2/c1-14(2,3)20(4,5)18-11-7-15-6-8-16-9-12-19(17)13-10-16/h15H,6-13H2,1-5H3. The molecule has 0 aromatic heterocycles. The number of nitrogens with one attached hydrogen (secondary N) is 1. The van der Waals surface area contributed by atoms with Crippen LogP contribution in [0.15, 0.2) is 0 Å². The third-order valence-corrected chi connectivity index (χ3v) is 8.99. The summed E-state index contributed by atoms with van der Waals surface area (Å²) in [5.41, 5.74) is 0. The van der Waals surface area contributed by atoms with Gasteiger partial charge in [-0.2, -0.15) is 0 Å². The van der Waals surface area contributed by atoms with Gasteiger partial charge in [0.05, 0.1) is 6.61 Å². The lowest BCUT2D eigenvalue weighted by molar-refractivity contribution is 0.289. The molecule has 1 saturated heterocycles. The molecule has 0 amide bonds. The number of rotatable bonds is 7. The maximum absolute atomic E-state index is 11.3. The molecule has 1 aliphatic rings. The molecule has 0 aromatic carbocycles. The topological polar surface area (TPSA) is 41.6 Å². The molecule has 1 heterocycles. The molecular weight excluding hydrogens is 292 g/mol. The molecule has 0 atom stereocenters. The SMILES string of the molecule is CC(C)(C)S(C)(C)OCCNCCN1CCS(=O)CC1. The van der Waals surface area contributed by atoms with Crippen LogP contribution in [0.3, 0.4) is 0 Å². The molecule has 1 fully saturated rings. The second kappa shape index (κ2) is 8.13. The van der Waals surface area contributed by atoms with Gasteiger partial charge in [0, 0.05) is 59.8 Å². The van der Waals surface area contributed by atoms with E-state index in [2.05, 4.69) is 43.5 Å². The van der Waals surface area contributed by atoms with E-state index in [4.69, 9.17) is 4.18 Å². The highest BCUT2D eigenvalue weighted by molar-refractivity contribution is 8.29. The van der Waals surface area contributed by atoms with Crippen LogP contribution in [0.25, 0.3) is 0 Å². The number of nitrogens with zero attached hydrogens (tertiary/aromatic N) is 1. The maximum Gasteiger partial charge on any atom is 0.0717 e. The summed E-state index contributed by atoms with van der Waals surface area (Å²) in [7, 11) is -1.56. The predicted molar refractivity (Wildman–Crippen MR) is 92.3 cm³/mol. The van der Waals surface area contributed by atoms with Crippen molar-refractivity contribution in [2.24, 2.45) is 0 Å². The summed E-state index contributed by atoms with van der Waals surface area (Å²) < 4.78 is 17.6. The van der Waals surface area contributed by atoms with Crippen molar-refractivity contribution in [3.05, 3.63) is 0 Å². The first kappa shape index (κ1) is 18.4. The molecule has 1 aliphatic heterocycles. The van der Waals surface area contributed by atoms with E-state index in [1.807, 2.05) is 0 Å². The molecule has 0 bridgehead atoms. The summed E-state index contributed by atoms with van der Waals surface area (Å²) in [6.07, 6.45) is 4.47. The first-order chi connectivity index (χ1) is 9.22. The lowest BCUT2D eigenvalue weighted by Gasteiger charge is -2.43. The van der Waals surface area contributed by atoms with Crippen molar-refractivity contribution >= 4 is 21.1 Å². The molecule has 1 rings (SSSR count). The van der Waals surface area contributed by atoms with Crippen molar-refractivity contribution in [1.82, 2.24) is 10.2 Å². The molecule has 0 aliphatic carbocycles. The zero-order valence-electron chi connectivity index (χ0n) is 13.7. The smallest absolute Gasteiger partial charge is 0.0717 e. The van der Waals surface area contributed by atoms with Crippen LogP contribution in [0.2, 0.25) is 0 Å². The van der Waals surface area contributed by atoms with Crippen molar-refractivity contribution < 1.29 is 8.39 Å². The van der Waals surface area contributed by atoms with Crippen LogP contribution >= 0.6 is 10.3 Å². The molecule has 1 N–H and O–H groups in total. The zero-order chi connectivity index (χ0) is 15.2. The minimum Gasteiger partial charge on any atom is -0.335 e. The zero-order valence-corrected chi connectivity index (χ0v) is 15.4. The third kappa shape index (κ3) is 6.43. The number of hydrogen-bond donors (Lipinski definition) is 1. The van der Waals surface area contributed by atoms with E-state index < -0.39 is 21.1 Å². The Morgan fingerprint density at radius 3 is 2.35 bits per heavy atom. The molecule has 0 unspecified atom stereocenters. The lowest BCUT2D eigenvalue weighted by atomic mass is 10.3. The van der Waals surface area contributed by atoms with Gasteiger partial charge in [-0.25, -0.2) is 0 Å². The Bertz CT molecular complexity index is 307. The third-order valence-electron chi connectivity index (χ3n) is 4.01. The Hall–Kier alpha value is 0.380. The highest BCUT2D eigenvalue weighted by Crippen LogP contribution is 2.53. The summed E-state index contributed by atoms with van der Waals surface area (Å²) >= 11 is 0. The Kier molecular flexibility index (Phi) is 7.49. The van der Waals surface area contributed by atoms with Crippen molar-refractivity contribution in [1.29, 1.82) is 0 Å². The van der Waals surface area contributed by atoms with E-state index in [9.17, 15) is 4.21 Å². The van der Waals surface area contributed by atoms with Crippen molar-refractivity contribution in [2.45, 2.75) is 25.5 Å². The van der Waals surface area contributed by atoms with E-state index >= 15 is 0 Å². The summed E-state index contributed by atoms with van der Waals surface area (Å²) in [6.45, 7) is 12.4. The maximum atomic E-state index is 11.3. The van der Waals surface area contributed by atoms with Gasteiger partial charge in [0.1, 0.15) is 0 Å². The van der Waals surface area contributed by atoms with E-state index in [1.165, 1.54) is 0 Å². The van der Waals surface area contributed by atoms with Gasteiger partial charge in [-0.15, -0.1) is 10.3 Å². The van der Waals surface area contributed by atoms with Crippen LogP contribution in [-0.4, -0.2) is 77.2 Å². The summed E-state index contributed by atoms with van der Waals surface area (Å²) in [6, 6.07) is 0. The number of hydrogen-bond acceptors (Lipinski definition) is 4. The first-order valence-corrected chi connectivity index (χ1v) is 11.2. The Labute approximate surface area is 129 Å². The van der Waals surface area contributed by atoms with Crippen LogP contribution in [0.4, 0.5) is 0 Å². The molecule has 20 heavy (non-hydrogen) atoms. The van der Waals surface area contributed by atoms with Crippen LogP contribution in [0, 0.1) is 0 Å². The van der Waals surface area contributed by atoms with Crippen LogP contribution < -0.4 is 5.32 Å². The van der Waals surface area contributed by atoms with Gasteiger partial charge in [-0.1, -0.05) is 20.8 Å². The summed E-state index contributed by atoms with van der Waals surface area (Å²) in [5.74, 6) is 1.68. The summed E-state index contributed by atoms with van der Waals surface area (Å²) in [5, 5.41) is 3.44. The minimum atomic E-state index is -0.996. The van der Waals surface area contributed by atoms with Gasteiger partial charge in [0.15, 0.2) is 0 Å².